The second-order valence-electron chi connectivity index (χ2n) is 4.84. The van der Waals surface area contributed by atoms with Crippen LogP contribution in [0.5, 0.6) is 0 Å². The minimum Gasteiger partial charge on any atom is -0.352 e. The molecule has 3 heterocycles. The third-order valence-corrected chi connectivity index (χ3v) is 4.40. The molecule has 6 nitrogen and oxygen atoms in total. The third kappa shape index (κ3) is 3.13. The maximum Gasteiger partial charge on any atom is 0.317 e. The fourth-order valence-electron chi connectivity index (χ4n) is 2.23. The highest BCUT2D eigenvalue weighted by molar-refractivity contribution is 7.13. The van der Waals surface area contributed by atoms with Crippen molar-refractivity contribution in [1.82, 2.24) is 20.2 Å². The fraction of sp³-hybridized carbons (Fsp3) is 0.357. The summed E-state index contributed by atoms with van der Waals surface area (Å²) in [6, 6.07) is 4.00. The van der Waals surface area contributed by atoms with Crippen molar-refractivity contribution in [2.24, 2.45) is 0 Å². The van der Waals surface area contributed by atoms with Gasteiger partial charge < -0.3 is 15.5 Å². The van der Waals surface area contributed by atoms with E-state index in [2.05, 4.69) is 39.0 Å². The third-order valence-electron chi connectivity index (χ3n) is 3.36. The van der Waals surface area contributed by atoms with Gasteiger partial charge in [-0.05, 0) is 30.0 Å². The van der Waals surface area contributed by atoms with Gasteiger partial charge in [0, 0.05) is 32.4 Å². The minimum atomic E-state index is 0.000629. The fourth-order valence-corrected chi connectivity index (χ4v) is 3.13. The number of hydrogen-bond acceptors (Lipinski definition) is 5. The number of hydrogen-bond donors (Lipinski definition) is 2. The molecule has 1 saturated heterocycles. The highest BCUT2D eigenvalue weighted by Crippen LogP contribution is 2.27. The molecule has 0 aromatic carbocycles. The first kappa shape index (κ1) is 13.8. The van der Waals surface area contributed by atoms with E-state index in [0.717, 1.165) is 18.8 Å². The Hall–Kier alpha value is -2.15. The van der Waals surface area contributed by atoms with E-state index in [1.807, 2.05) is 6.07 Å². The lowest BCUT2D eigenvalue weighted by molar-refractivity contribution is 0.219. The molecule has 2 N–H and O–H groups in total. The topological polar surface area (TPSA) is 70.2 Å². The zero-order chi connectivity index (χ0) is 14.7. The lowest BCUT2D eigenvalue weighted by Crippen LogP contribution is -2.32. The molecule has 0 saturated carbocycles. The summed E-state index contributed by atoms with van der Waals surface area (Å²) in [7, 11) is 0. The Labute approximate surface area is 127 Å². The van der Waals surface area contributed by atoms with Crippen LogP contribution in [0.25, 0.3) is 10.6 Å². The Morgan fingerprint density at radius 1 is 1.48 bits per heavy atom. The van der Waals surface area contributed by atoms with Crippen molar-refractivity contribution in [2.45, 2.75) is 6.92 Å². The molecule has 0 aliphatic carbocycles. The van der Waals surface area contributed by atoms with Gasteiger partial charge in [0.1, 0.15) is 0 Å². The summed E-state index contributed by atoms with van der Waals surface area (Å²) in [5.41, 5.74) is 2.15. The predicted octanol–water partition coefficient (Wildman–Crippen LogP) is 1.95. The number of aryl methyl sites for hydroxylation is 1. The van der Waals surface area contributed by atoms with Crippen LogP contribution in [0.4, 0.5) is 10.7 Å². The van der Waals surface area contributed by atoms with Gasteiger partial charge in [-0.25, -0.2) is 14.8 Å². The van der Waals surface area contributed by atoms with E-state index < -0.39 is 0 Å². The van der Waals surface area contributed by atoms with Crippen LogP contribution in [-0.2, 0) is 0 Å². The van der Waals surface area contributed by atoms with Gasteiger partial charge in [0.05, 0.1) is 10.6 Å². The summed E-state index contributed by atoms with van der Waals surface area (Å²) in [4.78, 5) is 23.1. The summed E-state index contributed by atoms with van der Waals surface area (Å²) < 4.78 is 0. The van der Waals surface area contributed by atoms with Gasteiger partial charge in [0.2, 0.25) is 5.95 Å². The molecule has 2 aromatic rings. The Morgan fingerprint density at radius 3 is 3.10 bits per heavy atom. The van der Waals surface area contributed by atoms with E-state index in [1.54, 1.807) is 22.4 Å². The van der Waals surface area contributed by atoms with Crippen molar-refractivity contribution in [1.29, 1.82) is 0 Å². The number of carbonyl (C=O) groups excluding carboxylic acids is 1. The predicted molar refractivity (Wildman–Crippen MR) is 83.5 cm³/mol. The summed E-state index contributed by atoms with van der Waals surface area (Å²) in [6.45, 7) is 4.85. The van der Waals surface area contributed by atoms with Crippen LogP contribution in [-0.4, -0.2) is 47.1 Å². The lowest BCUT2D eigenvalue weighted by atomic mass is 10.2. The number of anilines is 1. The van der Waals surface area contributed by atoms with Crippen LogP contribution in [0.15, 0.2) is 23.7 Å². The van der Waals surface area contributed by atoms with E-state index in [9.17, 15) is 4.79 Å². The molecule has 2 amide bonds. The Kier molecular flexibility index (Phi) is 4.01. The van der Waals surface area contributed by atoms with Crippen molar-refractivity contribution in [2.75, 3.05) is 31.5 Å². The molecule has 0 spiro atoms. The van der Waals surface area contributed by atoms with Gasteiger partial charge in [-0.3, -0.25) is 0 Å². The zero-order valence-electron chi connectivity index (χ0n) is 11.8. The smallest absolute Gasteiger partial charge is 0.317 e. The second kappa shape index (κ2) is 6.09. The van der Waals surface area contributed by atoms with Crippen molar-refractivity contribution < 1.29 is 4.79 Å². The Bertz CT molecular complexity index is 642. The monoisotopic (exact) mass is 303 g/mol. The molecule has 0 atom stereocenters. The molecule has 0 radical (unpaired) electrons. The summed E-state index contributed by atoms with van der Waals surface area (Å²) in [5, 5.41) is 8.02. The maximum absolute atomic E-state index is 11.4. The minimum absolute atomic E-state index is 0.000629. The first-order chi connectivity index (χ1) is 10.2. The van der Waals surface area contributed by atoms with Crippen molar-refractivity contribution in [3.8, 4) is 10.6 Å². The first-order valence-electron chi connectivity index (χ1n) is 6.88. The van der Waals surface area contributed by atoms with E-state index in [4.69, 9.17) is 0 Å². The molecule has 1 fully saturated rings. The summed E-state index contributed by atoms with van der Waals surface area (Å²) in [6.07, 6.45) is 1.76. The van der Waals surface area contributed by atoms with Crippen molar-refractivity contribution in [3.05, 3.63) is 29.3 Å². The first-order valence-corrected chi connectivity index (χ1v) is 7.76. The zero-order valence-corrected chi connectivity index (χ0v) is 12.6. The highest BCUT2D eigenvalue weighted by Gasteiger charge is 2.18. The van der Waals surface area contributed by atoms with Crippen LogP contribution in [0.2, 0.25) is 0 Å². The number of nitrogens with one attached hydrogen (secondary N) is 2. The molecule has 7 heteroatoms. The second-order valence-corrected chi connectivity index (χ2v) is 5.76. The largest absolute Gasteiger partial charge is 0.352 e. The number of rotatable bonds is 5. The molecule has 0 bridgehead atoms. The Morgan fingerprint density at radius 2 is 2.38 bits per heavy atom. The van der Waals surface area contributed by atoms with Crippen molar-refractivity contribution >= 4 is 23.3 Å². The highest BCUT2D eigenvalue weighted by atomic mass is 32.1. The van der Waals surface area contributed by atoms with E-state index in [0.29, 0.717) is 19.0 Å². The normalized spacial score (nSPS) is 14.3. The summed E-state index contributed by atoms with van der Waals surface area (Å²) in [5.74, 6) is 0.597. The molecule has 1 aliphatic heterocycles. The standard InChI is InChI=1S/C14H17N5OS/c1-10-3-9-21-12(10)11-2-4-15-13(18-11)16-5-7-19-8-6-17-14(19)20/h2-4,9H,5-8H2,1H3,(H,17,20)(H,15,16,18). The number of carbonyl (C=O) groups is 1. The quantitative estimate of drug-likeness (QED) is 0.886. The Balaban J connectivity index is 1.61. The molecule has 2 aromatic heterocycles. The number of nitrogens with zero attached hydrogens (tertiary/aromatic N) is 3. The molecule has 110 valence electrons. The van der Waals surface area contributed by atoms with Gasteiger partial charge in [-0.2, -0.15) is 0 Å². The van der Waals surface area contributed by atoms with Crippen LogP contribution in [0, 0.1) is 6.92 Å². The number of urea groups is 1. The molecular formula is C14H17N5OS. The van der Waals surface area contributed by atoms with Gasteiger partial charge in [0.15, 0.2) is 0 Å². The average Bonchev–Trinajstić information content (AvgIpc) is 3.08. The molecule has 1 aliphatic rings. The lowest BCUT2D eigenvalue weighted by Gasteiger charge is -2.14. The van der Waals surface area contributed by atoms with E-state index >= 15 is 0 Å². The average molecular weight is 303 g/mol. The summed E-state index contributed by atoms with van der Waals surface area (Å²) >= 11 is 1.68. The van der Waals surface area contributed by atoms with Gasteiger partial charge >= 0.3 is 6.03 Å². The molecule has 21 heavy (non-hydrogen) atoms. The maximum atomic E-state index is 11.4. The van der Waals surface area contributed by atoms with Crippen LogP contribution >= 0.6 is 11.3 Å². The van der Waals surface area contributed by atoms with Gasteiger partial charge in [-0.15, -0.1) is 11.3 Å². The molecular weight excluding hydrogens is 286 g/mol. The number of thiophene rings is 1. The van der Waals surface area contributed by atoms with E-state index in [1.165, 1.54) is 10.4 Å². The van der Waals surface area contributed by atoms with Crippen LogP contribution in [0.1, 0.15) is 5.56 Å². The number of aromatic nitrogens is 2. The SMILES string of the molecule is Cc1ccsc1-c1ccnc(NCCN2CCNC2=O)n1. The molecule has 3 rings (SSSR count). The van der Waals surface area contributed by atoms with Crippen LogP contribution < -0.4 is 10.6 Å². The van der Waals surface area contributed by atoms with Gasteiger partial charge in [-0.1, -0.05) is 0 Å². The van der Waals surface area contributed by atoms with Gasteiger partial charge in [0.25, 0.3) is 0 Å². The molecule has 0 unspecified atom stereocenters. The van der Waals surface area contributed by atoms with E-state index in [-0.39, 0.29) is 6.03 Å². The van der Waals surface area contributed by atoms with Crippen molar-refractivity contribution in [3.63, 3.8) is 0 Å². The number of amides is 2. The van der Waals surface area contributed by atoms with Crippen LogP contribution in [0.3, 0.4) is 0 Å².